The molecule has 22 heavy (non-hydrogen) atoms. The van der Waals surface area contributed by atoms with Crippen LogP contribution in [0.15, 0.2) is 66.1 Å². The number of hydrogen-bond donors (Lipinski definition) is 0. The summed E-state index contributed by atoms with van der Waals surface area (Å²) in [6.07, 6.45) is 10.3. The summed E-state index contributed by atoms with van der Waals surface area (Å²) in [5.74, 6) is 1.70. The van der Waals surface area contributed by atoms with E-state index in [4.69, 9.17) is 4.52 Å². The summed E-state index contributed by atoms with van der Waals surface area (Å²) in [6, 6.07) is 7.45. The minimum Gasteiger partial charge on any atom is -0.334 e. The number of pyridine rings is 2. The first-order chi connectivity index (χ1) is 10.9. The molecule has 0 atom stereocenters. The largest absolute Gasteiger partial charge is 0.334 e. The van der Waals surface area contributed by atoms with Gasteiger partial charge in [0.2, 0.25) is 5.82 Å². The van der Waals surface area contributed by atoms with Crippen LogP contribution < -0.4 is 0 Å². The molecule has 7 heteroatoms. The molecule has 106 valence electrons. The Morgan fingerprint density at radius 3 is 2.68 bits per heavy atom. The van der Waals surface area contributed by atoms with Crippen LogP contribution in [0.3, 0.4) is 0 Å². The average Bonchev–Trinajstić information content (AvgIpc) is 3.28. The standard InChI is InChI=1S/C15H10N6O/c1-2-12(8-16-5-1)15-19-14(20-22-15)11-3-4-13(18-9-11)21-7-6-17-10-21/h1-10H. The lowest BCUT2D eigenvalue weighted by molar-refractivity contribution is 0.432. The fourth-order valence-electron chi connectivity index (χ4n) is 2.01. The van der Waals surface area contributed by atoms with Gasteiger partial charge in [0.1, 0.15) is 12.1 Å². The van der Waals surface area contributed by atoms with Crippen LogP contribution in [0.4, 0.5) is 0 Å². The van der Waals surface area contributed by atoms with Crippen LogP contribution in [0.25, 0.3) is 28.7 Å². The Morgan fingerprint density at radius 2 is 1.95 bits per heavy atom. The second kappa shape index (κ2) is 5.21. The lowest BCUT2D eigenvalue weighted by Crippen LogP contribution is -1.94. The first-order valence-corrected chi connectivity index (χ1v) is 6.59. The SMILES string of the molecule is c1cncc(-c2nc(-c3ccc(-n4ccnc4)nc3)no2)c1. The van der Waals surface area contributed by atoms with Crippen molar-refractivity contribution in [3.8, 4) is 28.7 Å². The Kier molecular flexibility index (Phi) is 2.93. The van der Waals surface area contributed by atoms with Gasteiger partial charge in [-0.25, -0.2) is 9.97 Å². The number of nitrogens with zero attached hydrogens (tertiary/aromatic N) is 6. The highest BCUT2D eigenvalue weighted by molar-refractivity contribution is 5.58. The summed E-state index contributed by atoms with van der Waals surface area (Å²) >= 11 is 0. The van der Waals surface area contributed by atoms with Crippen LogP contribution in [0.2, 0.25) is 0 Å². The van der Waals surface area contributed by atoms with Gasteiger partial charge in [-0.2, -0.15) is 4.98 Å². The van der Waals surface area contributed by atoms with E-state index >= 15 is 0 Å². The van der Waals surface area contributed by atoms with Crippen LogP contribution in [-0.4, -0.2) is 29.7 Å². The topological polar surface area (TPSA) is 82.5 Å². The van der Waals surface area contributed by atoms with Gasteiger partial charge in [0.25, 0.3) is 5.89 Å². The molecule has 4 aromatic heterocycles. The third kappa shape index (κ3) is 2.24. The summed E-state index contributed by atoms with van der Waals surface area (Å²) in [6.45, 7) is 0. The molecule has 0 aromatic carbocycles. The van der Waals surface area contributed by atoms with E-state index in [1.807, 2.05) is 35.0 Å². The van der Waals surface area contributed by atoms with E-state index in [1.54, 1.807) is 31.1 Å². The third-order valence-electron chi connectivity index (χ3n) is 3.11. The van der Waals surface area contributed by atoms with Gasteiger partial charge in [-0.1, -0.05) is 5.16 Å². The molecule has 0 spiro atoms. The van der Waals surface area contributed by atoms with Crippen molar-refractivity contribution in [2.45, 2.75) is 0 Å². The highest BCUT2D eigenvalue weighted by Gasteiger charge is 2.11. The van der Waals surface area contributed by atoms with Gasteiger partial charge in [-0.15, -0.1) is 0 Å². The van der Waals surface area contributed by atoms with E-state index < -0.39 is 0 Å². The van der Waals surface area contributed by atoms with Crippen molar-refractivity contribution in [3.05, 3.63) is 61.6 Å². The van der Waals surface area contributed by atoms with Crippen molar-refractivity contribution in [1.29, 1.82) is 0 Å². The van der Waals surface area contributed by atoms with Gasteiger partial charge in [0, 0.05) is 36.5 Å². The Balaban J connectivity index is 1.64. The third-order valence-corrected chi connectivity index (χ3v) is 3.11. The molecular weight excluding hydrogens is 280 g/mol. The van der Waals surface area contributed by atoms with E-state index in [0.29, 0.717) is 11.7 Å². The van der Waals surface area contributed by atoms with Crippen molar-refractivity contribution in [2.75, 3.05) is 0 Å². The van der Waals surface area contributed by atoms with Gasteiger partial charge in [0.15, 0.2) is 0 Å². The highest BCUT2D eigenvalue weighted by atomic mass is 16.5. The molecule has 0 aliphatic heterocycles. The second-order valence-electron chi connectivity index (χ2n) is 4.54. The fourth-order valence-corrected chi connectivity index (χ4v) is 2.01. The molecule has 0 radical (unpaired) electrons. The molecule has 0 saturated carbocycles. The first-order valence-electron chi connectivity index (χ1n) is 6.59. The van der Waals surface area contributed by atoms with Crippen molar-refractivity contribution < 1.29 is 4.52 Å². The molecule has 7 nitrogen and oxygen atoms in total. The summed E-state index contributed by atoms with van der Waals surface area (Å²) < 4.78 is 7.08. The summed E-state index contributed by atoms with van der Waals surface area (Å²) in [7, 11) is 0. The number of rotatable bonds is 3. The zero-order valence-electron chi connectivity index (χ0n) is 11.4. The van der Waals surface area contributed by atoms with Crippen molar-refractivity contribution in [1.82, 2.24) is 29.7 Å². The molecule has 0 aliphatic carbocycles. The minimum atomic E-state index is 0.432. The van der Waals surface area contributed by atoms with E-state index in [2.05, 4.69) is 25.1 Å². The first kappa shape index (κ1) is 12.4. The van der Waals surface area contributed by atoms with Crippen molar-refractivity contribution in [3.63, 3.8) is 0 Å². The van der Waals surface area contributed by atoms with Gasteiger partial charge in [0.05, 0.1) is 5.56 Å². The number of aromatic nitrogens is 6. The van der Waals surface area contributed by atoms with Crippen LogP contribution in [0.5, 0.6) is 0 Å². The van der Waals surface area contributed by atoms with Crippen molar-refractivity contribution >= 4 is 0 Å². The van der Waals surface area contributed by atoms with Crippen LogP contribution in [-0.2, 0) is 0 Å². The molecule has 0 N–H and O–H groups in total. The highest BCUT2D eigenvalue weighted by Crippen LogP contribution is 2.21. The van der Waals surface area contributed by atoms with E-state index in [9.17, 15) is 0 Å². The predicted octanol–water partition coefficient (Wildman–Crippen LogP) is 2.38. The van der Waals surface area contributed by atoms with Gasteiger partial charge >= 0.3 is 0 Å². The average molecular weight is 290 g/mol. The normalized spacial score (nSPS) is 10.7. The lowest BCUT2D eigenvalue weighted by Gasteiger charge is -2.00. The van der Waals surface area contributed by atoms with Crippen LogP contribution in [0.1, 0.15) is 0 Å². The van der Waals surface area contributed by atoms with Gasteiger partial charge in [-0.05, 0) is 24.3 Å². The molecule has 4 rings (SSSR count). The zero-order chi connectivity index (χ0) is 14.8. The van der Waals surface area contributed by atoms with E-state index in [0.717, 1.165) is 16.9 Å². The van der Waals surface area contributed by atoms with Crippen LogP contribution in [0, 0.1) is 0 Å². The summed E-state index contributed by atoms with van der Waals surface area (Å²) in [4.78, 5) is 16.8. The summed E-state index contributed by atoms with van der Waals surface area (Å²) in [5.41, 5.74) is 1.56. The maximum absolute atomic E-state index is 5.26. The molecule has 4 aromatic rings. The molecule has 0 bridgehead atoms. The smallest absolute Gasteiger partial charge is 0.259 e. The Hall–Kier alpha value is -3.35. The lowest BCUT2D eigenvalue weighted by atomic mass is 10.2. The predicted molar refractivity (Wildman–Crippen MR) is 77.9 cm³/mol. The maximum atomic E-state index is 5.26. The second-order valence-corrected chi connectivity index (χ2v) is 4.54. The van der Waals surface area contributed by atoms with E-state index in [-0.39, 0.29) is 0 Å². The number of imidazole rings is 1. The molecular formula is C15H10N6O. The zero-order valence-corrected chi connectivity index (χ0v) is 11.4. The Morgan fingerprint density at radius 1 is 0.955 bits per heavy atom. The molecule has 0 aliphatic rings. The van der Waals surface area contributed by atoms with Crippen molar-refractivity contribution in [2.24, 2.45) is 0 Å². The van der Waals surface area contributed by atoms with Gasteiger partial charge < -0.3 is 4.52 Å². The quantitative estimate of drug-likeness (QED) is 0.576. The molecule has 0 amide bonds. The Labute approximate surface area is 125 Å². The molecule has 4 heterocycles. The number of hydrogen-bond acceptors (Lipinski definition) is 6. The summed E-state index contributed by atoms with van der Waals surface area (Å²) in [5, 5.41) is 3.98. The maximum Gasteiger partial charge on any atom is 0.259 e. The molecule has 0 fully saturated rings. The minimum absolute atomic E-state index is 0.432. The van der Waals surface area contributed by atoms with Gasteiger partial charge in [-0.3, -0.25) is 9.55 Å². The monoisotopic (exact) mass is 290 g/mol. The molecule has 0 saturated heterocycles. The van der Waals surface area contributed by atoms with Crippen LogP contribution >= 0.6 is 0 Å². The fraction of sp³-hybridized carbons (Fsp3) is 0. The van der Waals surface area contributed by atoms with E-state index in [1.165, 1.54) is 0 Å². The molecule has 0 unspecified atom stereocenters. The Bertz CT molecular complexity index is 868.